The van der Waals surface area contributed by atoms with Gasteiger partial charge in [0.15, 0.2) is 5.82 Å². The molecule has 2 N–H and O–H groups in total. The first-order chi connectivity index (χ1) is 16.0. The Labute approximate surface area is 200 Å². The standard InChI is InChI=1S/C23H27ClN6O2S/c24-17-9-25-20(26-10-17)14-7-15-11-30(12-16(15)8-14)22-27-18-3-1-6-33(32)19(18)21(28-22)29-23(13-31)4-2-5-23/h7,9-10,15-16,31H,1-6,8,11-13H2,(H,27,28,29). The number of aliphatic hydroxyl groups excluding tert-OH is 1. The minimum absolute atomic E-state index is 0.0575. The lowest BCUT2D eigenvalue weighted by Gasteiger charge is -2.42. The smallest absolute Gasteiger partial charge is 0.227 e. The number of aliphatic hydroxyl groups is 1. The highest BCUT2D eigenvalue weighted by Crippen LogP contribution is 2.42. The number of anilines is 2. The summed E-state index contributed by atoms with van der Waals surface area (Å²) in [5, 5.41) is 14.0. The zero-order valence-corrected chi connectivity index (χ0v) is 19.9. The summed E-state index contributed by atoms with van der Waals surface area (Å²) in [7, 11) is -1.10. The molecule has 174 valence electrons. The van der Waals surface area contributed by atoms with Gasteiger partial charge in [-0.2, -0.15) is 4.98 Å². The van der Waals surface area contributed by atoms with Crippen LogP contribution in [0.15, 0.2) is 23.4 Å². The lowest BCUT2D eigenvalue weighted by Crippen LogP contribution is -2.49. The molecule has 10 heteroatoms. The number of nitrogens with zero attached hydrogens (tertiary/aromatic N) is 5. The van der Waals surface area contributed by atoms with Crippen LogP contribution in [0.4, 0.5) is 11.8 Å². The molecule has 2 aliphatic carbocycles. The van der Waals surface area contributed by atoms with Gasteiger partial charge in [0, 0.05) is 31.2 Å². The first-order valence-electron chi connectivity index (χ1n) is 11.7. The Morgan fingerprint density at radius 3 is 2.73 bits per heavy atom. The number of rotatable bonds is 5. The van der Waals surface area contributed by atoms with Crippen molar-refractivity contribution in [2.75, 3.05) is 35.7 Å². The van der Waals surface area contributed by atoms with Gasteiger partial charge < -0.3 is 15.3 Å². The van der Waals surface area contributed by atoms with Gasteiger partial charge in [-0.15, -0.1) is 0 Å². The van der Waals surface area contributed by atoms with Crippen LogP contribution in [-0.2, 0) is 17.2 Å². The molecule has 1 saturated carbocycles. The molecule has 2 aromatic rings. The van der Waals surface area contributed by atoms with E-state index in [0.29, 0.717) is 34.4 Å². The molecule has 6 rings (SSSR count). The number of halogens is 1. The van der Waals surface area contributed by atoms with Crippen LogP contribution in [0.2, 0.25) is 5.02 Å². The number of hydrogen-bond donors (Lipinski definition) is 2. The van der Waals surface area contributed by atoms with E-state index in [-0.39, 0.29) is 12.1 Å². The summed E-state index contributed by atoms with van der Waals surface area (Å²) in [4.78, 5) is 21.5. The average molecular weight is 487 g/mol. The number of aryl methyl sites for hydroxylation is 1. The van der Waals surface area contributed by atoms with Gasteiger partial charge in [-0.3, -0.25) is 4.21 Å². The van der Waals surface area contributed by atoms with Crippen molar-refractivity contribution in [1.29, 1.82) is 0 Å². The van der Waals surface area contributed by atoms with Gasteiger partial charge in [0.2, 0.25) is 5.95 Å². The average Bonchev–Trinajstić information content (AvgIpc) is 3.36. The molecule has 2 aliphatic heterocycles. The number of hydrogen-bond acceptors (Lipinski definition) is 8. The van der Waals surface area contributed by atoms with E-state index in [9.17, 15) is 9.32 Å². The monoisotopic (exact) mass is 486 g/mol. The van der Waals surface area contributed by atoms with Crippen molar-refractivity contribution < 1.29 is 9.32 Å². The topological polar surface area (TPSA) is 104 Å². The molecular formula is C23H27ClN6O2S. The summed E-state index contributed by atoms with van der Waals surface area (Å²) in [6.45, 7) is 1.76. The van der Waals surface area contributed by atoms with E-state index >= 15 is 0 Å². The van der Waals surface area contributed by atoms with Gasteiger partial charge in [-0.25, -0.2) is 15.0 Å². The van der Waals surface area contributed by atoms with Gasteiger partial charge in [-0.1, -0.05) is 17.7 Å². The summed E-state index contributed by atoms with van der Waals surface area (Å²) in [6, 6.07) is 0. The Balaban J connectivity index is 1.27. The number of allylic oxidation sites excluding steroid dienone is 1. The minimum Gasteiger partial charge on any atom is -0.394 e. The highest BCUT2D eigenvalue weighted by Gasteiger charge is 2.41. The Hall–Kier alpha value is -2.10. The van der Waals surface area contributed by atoms with Crippen LogP contribution in [0.5, 0.6) is 0 Å². The van der Waals surface area contributed by atoms with Gasteiger partial charge in [-0.05, 0) is 55.9 Å². The van der Waals surface area contributed by atoms with Crippen molar-refractivity contribution in [2.45, 2.75) is 49.0 Å². The van der Waals surface area contributed by atoms with Gasteiger partial charge in [0.05, 0.1) is 33.7 Å². The molecular weight excluding hydrogens is 460 g/mol. The van der Waals surface area contributed by atoms with E-state index in [1.54, 1.807) is 12.4 Å². The SMILES string of the molecule is O=S1CCCc2nc(N3CC4C=C(c5ncc(Cl)cn5)CC4C3)nc(NC3(CO)CCC3)c21. The molecule has 0 aromatic carbocycles. The van der Waals surface area contributed by atoms with Crippen LogP contribution in [0.3, 0.4) is 0 Å². The van der Waals surface area contributed by atoms with Crippen LogP contribution >= 0.6 is 11.6 Å². The zero-order valence-electron chi connectivity index (χ0n) is 18.3. The Kier molecular flexibility index (Phi) is 5.38. The first-order valence-corrected chi connectivity index (χ1v) is 13.4. The van der Waals surface area contributed by atoms with Gasteiger partial charge in [0.1, 0.15) is 10.7 Å². The molecule has 0 spiro atoms. The maximum absolute atomic E-state index is 12.9. The zero-order chi connectivity index (χ0) is 22.6. The van der Waals surface area contributed by atoms with Crippen LogP contribution < -0.4 is 10.2 Å². The predicted octanol–water partition coefficient (Wildman–Crippen LogP) is 2.84. The number of nitrogens with one attached hydrogen (secondary N) is 1. The highest BCUT2D eigenvalue weighted by atomic mass is 35.5. The fraction of sp³-hybridized carbons (Fsp3) is 0.565. The fourth-order valence-corrected chi connectivity index (χ4v) is 6.92. The molecule has 4 aliphatic rings. The van der Waals surface area contributed by atoms with Crippen molar-refractivity contribution in [3.8, 4) is 0 Å². The summed E-state index contributed by atoms with van der Waals surface area (Å²) < 4.78 is 12.9. The van der Waals surface area contributed by atoms with E-state index in [1.807, 2.05) is 0 Å². The maximum Gasteiger partial charge on any atom is 0.227 e. The molecule has 0 amide bonds. The highest BCUT2D eigenvalue weighted by molar-refractivity contribution is 7.85. The van der Waals surface area contributed by atoms with Gasteiger partial charge >= 0.3 is 0 Å². The first kappa shape index (κ1) is 21.4. The molecule has 3 unspecified atom stereocenters. The normalized spacial score (nSPS) is 27.5. The van der Waals surface area contributed by atoms with E-state index in [4.69, 9.17) is 21.6 Å². The second-order valence-corrected chi connectivity index (χ2v) is 11.6. The van der Waals surface area contributed by atoms with Crippen LogP contribution in [0, 0.1) is 11.8 Å². The van der Waals surface area contributed by atoms with Crippen LogP contribution in [0.1, 0.15) is 43.6 Å². The third kappa shape index (κ3) is 3.84. The van der Waals surface area contributed by atoms with Crippen molar-refractivity contribution in [1.82, 2.24) is 19.9 Å². The summed E-state index contributed by atoms with van der Waals surface area (Å²) in [5.74, 6) is 3.64. The third-order valence-corrected chi connectivity index (χ3v) is 9.21. The molecule has 4 heterocycles. The second kappa shape index (κ2) is 8.29. The molecule has 0 radical (unpaired) electrons. The maximum atomic E-state index is 12.9. The molecule has 8 nitrogen and oxygen atoms in total. The van der Waals surface area contributed by atoms with Crippen molar-refractivity contribution in [3.63, 3.8) is 0 Å². The molecule has 2 fully saturated rings. The van der Waals surface area contributed by atoms with E-state index in [0.717, 1.165) is 68.0 Å². The van der Waals surface area contributed by atoms with Crippen LogP contribution in [-0.4, -0.2) is 60.2 Å². The molecule has 3 atom stereocenters. The Bertz CT molecular complexity index is 1130. The lowest BCUT2D eigenvalue weighted by molar-refractivity contribution is 0.143. The second-order valence-electron chi connectivity index (χ2n) is 9.67. The summed E-state index contributed by atoms with van der Waals surface area (Å²) in [6.07, 6.45) is 11.1. The van der Waals surface area contributed by atoms with Crippen molar-refractivity contribution >= 4 is 39.7 Å². The molecule has 0 bridgehead atoms. The van der Waals surface area contributed by atoms with Gasteiger partial charge in [0.25, 0.3) is 0 Å². The van der Waals surface area contributed by atoms with E-state index < -0.39 is 10.8 Å². The molecule has 33 heavy (non-hydrogen) atoms. The number of fused-ring (bicyclic) bond motifs is 2. The Morgan fingerprint density at radius 2 is 2.03 bits per heavy atom. The van der Waals surface area contributed by atoms with Crippen molar-refractivity contribution in [2.24, 2.45) is 11.8 Å². The summed E-state index contributed by atoms with van der Waals surface area (Å²) in [5.41, 5.74) is 1.72. The Morgan fingerprint density at radius 1 is 1.21 bits per heavy atom. The minimum atomic E-state index is -1.10. The quantitative estimate of drug-likeness (QED) is 0.664. The van der Waals surface area contributed by atoms with E-state index in [1.165, 1.54) is 5.57 Å². The lowest BCUT2D eigenvalue weighted by atomic mass is 9.77. The summed E-state index contributed by atoms with van der Waals surface area (Å²) >= 11 is 5.93. The largest absolute Gasteiger partial charge is 0.394 e. The molecule has 2 aromatic heterocycles. The third-order valence-electron chi connectivity index (χ3n) is 7.47. The van der Waals surface area contributed by atoms with E-state index in [2.05, 4.69) is 26.3 Å². The fourth-order valence-electron chi connectivity index (χ4n) is 5.49. The van der Waals surface area contributed by atoms with Crippen molar-refractivity contribution in [3.05, 3.63) is 35.0 Å². The molecule has 1 saturated heterocycles. The predicted molar refractivity (Wildman–Crippen MR) is 128 cm³/mol. The van der Waals surface area contributed by atoms with Crippen LogP contribution in [0.25, 0.3) is 5.57 Å². The number of aromatic nitrogens is 4.